The minimum absolute atomic E-state index is 0.0242. The molecule has 0 saturated heterocycles. The summed E-state index contributed by atoms with van der Waals surface area (Å²) in [7, 11) is -3.19. The summed E-state index contributed by atoms with van der Waals surface area (Å²) in [5.41, 5.74) is 3.12. The zero-order chi connectivity index (χ0) is 12.0. The maximum absolute atomic E-state index is 11.9. The van der Waals surface area contributed by atoms with Gasteiger partial charge < -0.3 is 0 Å². The van der Waals surface area contributed by atoms with E-state index in [0.29, 0.717) is 0 Å². The molecule has 17 heavy (non-hydrogen) atoms. The third-order valence-electron chi connectivity index (χ3n) is 3.50. The van der Waals surface area contributed by atoms with Crippen LogP contribution in [-0.4, -0.2) is 20.7 Å². The number of sulfonamides is 1. The Bertz CT molecular complexity index is 589. The maximum atomic E-state index is 11.9. The Hall–Kier alpha value is -1.29. The molecule has 1 aromatic carbocycles. The number of allylic oxidation sites excluding steroid dienone is 1. The molecule has 0 N–H and O–H groups in total. The lowest BCUT2D eigenvalue weighted by atomic mass is 9.92. The van der Waals surface area contributed by atoms with Crippen molar-refractivity contribution >= 4 is 21.3 Å². The first-order valence-electron chi connectivity index (χ1n) is 5.88. The topological polar surface area (TPSA) is 37.4 Å². The van der Waals surface area contributed by atoms with Crippen LogP contribution in [0.5, 0.6) is 0 Å². The Labute approximate surface area is 102 Å². The molecule has 0 aromatic heterocycles. The molecule has 3 rings (SSSR count). The molecule has 1 aromatic rings. The summed E-state index contributed by atoms with van der Waals surface area (Å²) < 4.78 is 25.5. The molecule has 90 valence electrons. The Balaban J connectivity index is 2.24. The second-order valence-electron chi connectivity index (χ2n) is 4.68. The van der Waals surface area contributed by atoms with Gasteiger partial charge in [0.1, 0.15) is 0 Å². The van der Waals surface area contributed by atoms with Gasteiger partial charge in [-0.05, 0) is 30.9 Å². The highest BCUT2D eigenvalue weighted by Crippen LogP contribution is 2.45. The van der Waals surface area contributed by atoms with E-state index < -0.39 is 10.0 Å². The van der Waals surface area contributed by atoms with E-state index in [2.05, 4.69) is 6.08 Å². The van der Waals surface area contributed by atoms with Gasteiger partial charge in [-0.2, -0.15) is 0 Å². The van der Waals surface area contributed by atoms with Crippen LogP contribution in [0, 0.1) is 0 Å². The molecule has 0 spiro atoms. The van der Waals surface area contributed by atoms with Crippen LogP contribution in [0.3, 0.4) is 0 Å². The smallest absolute Gasteiger partial charge is 0.232 e. The standard InChI is InChI=1S/C13H15NO2S/c1-17(15,16)14-12-8-4-2-6-10(12)11-7-3-5-9-13(11)14/h2,4,6-8,13H,3,5,9H2,1H3. The molecule has 1 heterocycles. The quantitative estimate of drug-likeness (QED) is 0.766. The van der Waals surface area contributed by atoms with Crippen molar-refractivity contribution < 1.29 is 8.42 Å². The van der Waals surface area contributed by atoms with Crippen LogP contribution >= 0.6 is 0 Å². The molecule has 3 nitrogen and oxygen atoms in total. The van der Waals surface area contributed by atoms with E-state index >= 15 is 0 Å². The van der Waals surface area contributed by atoms with Crippen molar-refractivity contribution in [1.82, 2.24) is 0 Å². The highest BCUT2D eigenvalue weighted by atomic mass is 32.2. The van der Waals surface area contributed by atoms with E-state index in [4.69, 9.17) is 0 Å². The fourth-order valence-corrected chi connectivity index (χ4v) is 4.08. The number of hydrogen-bond donors (Lipinski definition) is 0. The molecule has 1 atom stereocenters. The van der Waals surface area contributed by atoms with Crippen molar-refractivity contribution in [2.24, 2.45) is 0 Å². The number of anilines is 1. The summed E-state index contributed by atoms with van der Waals surface area (Å²) in [5.74, 6) is 0. The summed E-state index contributed by atoms with van der Waals surface area (Å²) in [6.45, 7) is 0. The first-order valence-corrected chi connectivity index (χ1v) is 7.73. The second-order valence-corrected chi connectivity index (χ2v) is 6.54. The number of fused-ring (bicyclic) bond motifs is 3. The molecule has 0 saturated carbocycles. The van der Waals surface area contributed by atoms with Gasteiger partial charge in [0.15, 0.2) is 0 Å². The monoisotopic (exact) mass is 249 g/mol. The Kier molecular flexibility index (Phi) is 2.30. The van der Waals surface area contributed by atoms with E-state index in [-0.39, 0.29) is 6.04 Å². The number of rotatable bonds is 1. The first-order chi connectivity index (χ1) is 8.09. The predicted octanol–water partition coefficient (Wildman–Crippen LogP) is 2.40. The van der Waals surface area contributed by atoms with Crippen molar-refractivity contribution in [2.75, 3.05) is 10.6 Å². The summed E-state index contributed by atoms with van der Waals surface area (Å²) in [4.78, 5) is 0. The Morgan fingerprint density at radius 1 is 1.29 bits per heavy atom. The molecule has 1 aliphatic heterocycles. The Morgan fingerprint density at radius 3 is 2.82 bits per heavy atom. The molecule has 4 heteroatoms. The lowest BCUT2D eigenvalue weighted by molar-refractivity contribution is 0.584. The van der Waals surface area contributed by atoms with Gasteiger partial charge in [0.2, 0.25) is 10.0 Å². The largest absolute Gasteiger partial charge is 0.262 e. The molecule has 0 radical (unpaired) electrons. The fraction of sp³-hybridized carbons (Fsp3) is 0.385. The summed E-state index contributed by atoms with van der Waals surface area (Å²) >= 11 is 0. The lowest BCUT2D eigenvalue weighted by Crippen LogP contribution is -2.37. The van der Waals surface area contributed by atoms with Crippen molar-refractivity contribution in [3.05, 3.63) is 35.9 Å². The molecule has 0 fully saturated rings. The van der Waals surface area contributed by atoms with E-state index in [1.807, 2.05) is 24.3 Å². The number of para-hydroxylation sites is 1. The van der Waals surface area contributed by atoms with Crippen molar-refractivity contribution in [3.8, 4) is 0 Å². The number of hydrogen-bond acceptors (Lipinski definition) is 2. The van der Waals surface area contributed by atoms with E-state index in [1.54, 1.807) is 4.31 Å². The minimum Gasteiger partial charge on any atom is -0.262 e. The van der Waals surface area contributed by atoms with E-state index in [9.17, 15) is 8.42 Å². The first kappa shape index (κ1) is 10.8. The fourth-order valence-electron chi connectivity index (χ4n) is 2.88. The van der Waals surface area contributed by atoms with Crippen molar-refractivity contribution in [1.29, 1.82) is 0 Å². The third-order valence-corrected chi connectivity index (χ3v) is 4.66. The summed E-state index contributed by atoms with van der Waals surface area (Å²) in [5, 5.41) is 0. The molecule has 0 amide bonds. The average molecular weight is 249 g/mol. The normalized spacial score (nSPS) is 23.0. The molecule has 1 unspecified atom stereocenters. The van der Waals surface area contributed by atoms with Crippen LogP contribution in [0.4, 0.5) is 5.69 Å². The van der Waals surface area contributed by atoms with Crippen LogP contribution in [0.2, 0.25) is 0 Å². The van der Waals surface area contributed by atoms with Gasteiger partial charge in [-0.1, -0.05) is 24.3 Å². The minimum atomic E-state index is -3.19. The highest BCUT2D eigenvalue weighted by molar-refractivity contribution is 7.92. The maximum Gasteiger partial charge on any atom is 0.232 e. The van der Waals surface area contributed by atoms with E-state index in [1.165, 1.54) is 11.8 Å². The zero-order valence-corrected chi connectivity index (χ0v) is 10.6. The third kappa shape index (κ3) is 1.59. The van der Waals surface area contributed by atoms with Gasteiger partial charge in [-0.25, -0.2) is 8.42 Å². The number of nitrogens with zero attached hydrogens (tertiary/aromatic N) is 1. The van der Waals surface area contributed by atoms with Crippen LogP contribution in [0.1, 0.15) is 24.8 Å². The lowest BCUT2D eigenvalue weighted by Gasteiger charge is -2.27. The van der Waals surface area contributed by atoms with Crippen molar-refractivity contribution in [3.63, 3.8) is 0 Å². The van der Waals surface area contributed by atoms with Gasteiger partial charge in [-0.3, -0.25) is 4.31 Å². The summed E-state index contributed by atoms with van der Waals surface area (Å²) in [6, 6.07) is 7.81. The number of benzene rings is 1. The average Bonchev–Trinajstić information content (AvgIpc) is 2.63. The second kappa shape index (κ2) is 3.60. The van der Waals surface area contributed by atoms with Crippen LogP contribution in [0.15, 0.2) is 30.3 Å². The SMILES string of the molecule is CS(=O)(=O)N1c2ccccc2C2=CCCCC21. The molecule has 2 aliphatic rings. The van der Waals surface area contributed by atoms with Crippen molar-refractivity contribution in [2.45, 2.75) is 25.3 Å². The van der Waals surface area contributed by atoms with Gasteiger partial charge >= 0.3 is 0 Å². The van der Waals surface area contributed by atoms with Crippen LogP contribution < -0.4 is 4.31 Å². The van der Waals surface area contributed by atoms with Gasteiger partial charge in [0.25, 0.3) is 0 Å². The van der Waals surface area contributed by atoms with Crippen LogP contribution in [-0.2, 0) is 10.0 Å². The van der Waals surface area contributed by atoms with Crippen LogP contribution in [0.25, 0.3) is 5.57 Å². The van der Waals surface area contributed by atoms with E-state index in [0.717, 1.165) is 30.5 Å². The van der Waals surface area contributed by atoms with Gasteiger partial charge in [-0.15, -0.1) is 0 Å². The molecular formula is C13H15NO2S. The highest BCUT2D eigenvalue weighted by Gasteiger charge is 2.39. The predicted molar refractivity (Wildman–Crippen MR) is 69.4 cm³/mol. The zero-order valence-electron chi connectivity index (χ0n) is 9.76. The Morgan fingerprint density at radius 2 is 2.06 bits per heavy atom. The van der Waals surface area contributed by atoms with Gasteiger partial charge in [0.05, 0.1) is 18.0 Å². The molecule has 0 bridgehead atoms. The van der Waals surface area contributed by atoms with Gasteiger partial charge in [0, 0.05) is 5.56 Å². The molecular weight excluding hydrogens is 234 g/mol. The molecule has 1 aliphatic carbocycles. The summed E-state index contributed by atoms with van der Waals surface area (Å²) in [6.07, 6.45) is 6.53.